The zero-order valence-electron chi connectivity index (χ0n) is 12.2. The van der Waals surface area contributed by atoms with Gasteiger partial charge >= 0.3 is 7.12 Å². The first-order chi connectivity index (χ1) is 9.02. The zero-order valence-corrected chi connectivity index (χ0v) is 12.2. The summed E-state index contributed by atoms with van der Waals surface area (Å²) in [7, 11) is 9.93. The standard InChI is InChI=1S/C13H17B3O4/c1-11(2)12(3,4)20-16(19-11)9-7-5-6-8-10(9)18-13(14,15)17/h5-8,17H,1-4H3. The van der Waals surface area contributed by atoms with E-state index in [0.29, 0.717) is 11.2 Å². The molecule has 0 atom stereocenters. The summed E-state index contributed by atoms with van der Waals surface area (Å²) in [5.41, 5.74) is -2.56. The summed E-state index contributed by atoms with van der Waals surface area (Å²) in [4.78, 5) is 0. The van der Waals surface area contributed by atoms with Crippen molar-refractivity contribution in [2.75, 3.05) is 0 Å². The van der Waals surface area contributed by atoms with Gasteiger partial charge in [-0.2, -0.15) is 0 Å². The molecule has 4 radical (unpaired) electrons. The molecule has 7 heteroatoms. The molecule has 1 aromatic rings. The highest BCUT2D eigenvalue weighted by Gasteiger charge is 2.52. The molecule has 1 saturated heterocycles. The topological polar surface area (TPSA) is 47.9 Å². The highest BCUT2D eigenvalue weighted by atomic mass is 16.7. The third-order valence-corrected chi connectivity index (χ3v) is 3.70. The molecule has 1 N–H and O–H groups in total. The monoisotopic (exact) mass is 270 g/mol. The number of para-hydroxylation sites is 1. The van der Waals surface area contributed by atoms with Crippen LogP contribution in [0.2, 0.25) is 0 Å². The predicted molar refractivity (Wildman–Crippen MR) is 79.2 cm³/mol. The van der Waals surface area contributed by atoms with Crippen LogP contribution in [0, 0.1) is 0 Å². The van der Waals surface area contributed by atoms with Gasteiger partial charge in [-0.15, -0.1) is 0 Å². The Hall–Kier alpha value is -0.905. The molecule has 0 unspecified atom stereocenters. The normalized spacial score (nSPS) is 20.9. The van der Waals surface area contributed by atoms with E-state index in [1.807, 2.05) is 33.8 Å². The molecule has 102 valence electrons. The largest absolute Gasteiger partial charge is 0.498 e. The first kappa shape index (κ1) is 15.5. The quantitative estimate of drug-likeness (QED) is 0.634. The Morgan fingerprint density at radius 1 is 1.10 bits per heavy atom. The minimum Gasteiger partial charge on any atom is -0.482 e. The lowest BCUT2D eigenvalue weighted by Gasteiger charge is -2.32. The van der Waals surface area contributed by atoms with Crippen molar-refractivity contribution in [2.24, 2.45) is 0 Å². The summed E-state index contributed by atoms with van der Waals surface area (Å²) in [6.45, 7) is 7.83. The fourth-order valence-corrected chi connectivity index (χ4v) is 1.91. The molecule has 0 spiro atoms. The van der Waals surface area contributed by atoms with Crippen LogP contribution < -0.4 is 10.2 Å². The maximum Gasteiger partial charge on any atom is 0.498 e. The third-order valence-electron chi connectivity index (χ3n) is 3.70. The van der Waals surface area contributed by atoms with Gasteiger partial charge in [0.15, 0.2) is 15.7 Å². The number of hydrogen-bond donors (Lipinski definition) is 1. The highest BCUT2D eigenvalue weighted by molar-refractivity contribution is 6.63. The Morgan fingerprint density at radius 2 is 1.60 bits per heavy atom. The molecule has 1 aromatic carbocycles. The maximum atomic E-state index is 9.40. The molecule has 1 heterocycles. The second-order valence-electron chi connectivity index (χ2n) is 5.98. The average Bonchev–Trinajstić information content (AvgIpc) is 2.46. The summed E-state index contributed by atoms with van der Waals surface area (Å²) >= 11 is 0. The van der Waals surface area contributed by atoms with Gasteiger partial charge in [-0.25, -0.2) is 0 Å². The molecule has 1 fully saturated rings. The Bertz CT molecular complexity index is 481. The van der Waals surface area contributed by atoms with Crippen LogP contribution in [0.15, 0.2) is 24.3 Å². The number of benzene rings is 1. The van der Waals surface area contributed by atoms with Gasteiger partial charge in [0.05, 0.1) is 11.2 Å². The van der Waals surface area contributed by atoms with E-state index in [1.54, 1.807) is 18.2 Å². The van der Waals surface area contributed by atoms with Crippen molar-refractivity contribution in [3.8, 4) is 5.75 Å². The minimum absolute atomic E-state index is 0.318. The smallest absolute Gasteiger partial charge is 0.482 e. The maximum absolute atomic E-state index is 9.40. The summed E-state index contributed by atoms with van der Waals surface area (Å²) in [6, 6.07) is 6.99. The van der Waals surface area contributed by atoms with Crippen molar-refractivity contribution < 1.29 is 19.2 Å². The molecule has 2 rings (SSSR count). The van der Waals surface area contributed by atoms with Crippen molar-refractivity contribution >= 4 is 28.3 Å². The van der Waals surface area contributed by atoms with E-state index in [2.05, 4.69) is 0 Å². The fourth-order valence-electron chi connectivity index (χ4n) is 1.91. The van der Waals surface area contributed by atoms with Crippen LogP contribution in [0.3, 0.4) is 0 Å². The molecule has 0 saturated carbocycles. The zero-order chi connectivity index (χ0) is 15.2. The lowest BCUT2D eigenvalue weighted by molar-refractivity contribution is 0.00578. The number of hydrogen-bond acceptors (Lipinski definition) is 4. The third kappa shape index (κ3) is 3.05. The number of aliphatic hydroxyl groups is 1. The fraction of sp³-hybridized carbons (Fsp3) is 0.538. The van der Waals surface area contributed by atoms with Crippen molar-refractivity contribution in [2.45, 2.75) is 44.5 Å². The van der Waals surface area contributed by atoms with Gasteiger partial charge in [-0.05, 0) is 33.8 Å². The average molecular weight is 270 g/mol. The number of ether oxygens (including phenoxy) is 1. The number of rotatable bonds is 3. The molecule has 0 amide bonds. The Kier molecular flexibility index (Phi) is 3.74. The minimum atomic E-state index is -2.25. The van der Waals surface area contributed by atoms with E-state index in [1.165, 1.54) is 0 Å². The Morgan fingerprint density at radius 3 is 2.10 bits per heavy atom. The SMILES string of the molecule is [B]C([B])(O)Oc1ccccc1B1OC(C)(C)C(C)(C)O1. The molecular weight excluding hydrogens is 253 g/mol. The second-order valence-corrected chi connectivity index (χ2v) is 5.98. The van der Waals surface area contributed by atoms with Crippen LogP contribution in [0.5, 0.6) is 5.75 Å². The molecule has 4 nitrogen and oxygen atoms in total. The molecular formula is C13H17B3O4. The first-order valence-electron chi connectivity index (χ1n) is 6.45. The van der Waals surface area contributed by atoms with Crippen molar-refractivity contribution in [3.63, 3.8) is 0 Å². The molecule has 0 aliphatic carbocycles. The van der Waals surface area contributed by atoms with Gasteiger partial charge in [-0.3, -0.25) is 0 Å². The predicted octanol–water partition coefficient (Wildman–Crippen LogP) is 0.305. The lowest BCUT2D eigenvalue weighted by Crippen LogP contribution is -2.41. The highest BCUT2D eigenvalue weighted by Crippen LogP contribution is 2.37. The van der Waals surface area contributed by atoms with Gasteiger partial charge in [0.25, 0.3) is 0 Å². The molecule has 0 aromatic heterocycles. The Labute approximate surface area is 122 Å². The van der Waals surface area contributed by atoms with Crippen LogP contribution in [0.4, 0.5) is 0 Å². The van der Waals surface area contributed by atoms with E-state index in [-0.39, 0.29) is 0 Å². The molecule has 20 heavy (non-hydrogen) atoms. The van der Waals surface area contributed by atoms with Crippen LogP contribution >= 0.6 is 0 Å². The van der Waals surface area contributed by atoms with Gasteiger partial charge in [0, 0.05) is 5.46 Å². The van der Waals surface area contributed by atoms with Crippen molar-refractivity contribution in [1.29, 1.82) is 0 Å². The van der Waals surface area contributed by atoms with Crippen molar-refractivity contribution in [3.05, 3.63) is 24.3 Å². The van der Waals surface area contributed by atoms with Crippen LogP contribution in [-0.4, -0.2) is 44.7 Å². The molecule has 1 aliphatic heterocycles. The van der Waals surface area contributed by atoms with Gasteiger partial charge in [0.2, 0.25) is 0 Å². The van der Waals surface area contributed by atoms with Gasteiger partial charge < -0.3 is 19.2 Å². The van der Waals surface area contributed by atoms with E-state index < -0.39 is 23.9 Å². The van der Waals surface area contributed by atoms with E-state index in [0.717, 1.165) is 0 Å². The summed E-state index contributed by atoms with van der Waals surface area (Å²) in [5, 5.41) is 9.40. The van der Waals surface area contributed by atoms with Gasteiger partial charge in [0.1, 0.15) is 11.3 Å². The molecule has 1 aliphatic rings. The second kappa shape index (κ2) is 4.83. The summed E-state index contributed by atoms with van der Waals surface area (Å²) < 4.78 is 17.0. The Balaban J connectivity index is 2.31. The van der Waals surface area contributed by atoms with Gasteiger partial charge in [-0.1, -0.05) is 18.2 Å². The van der Waals surface area contributed by atoms with E-state index in [9.17, 15) is 5.11 Å². The van der Waals surface area contributed by atoms with E-state index >= 15 is 0 Å². The van der Waals surface area contributed by atoms with Crippen LogP contribution in [0.25, 0.3) is 0 Å². The molecule has 0 bridgehead atoms. The summed E-state index contributed by atoms with van der Waals surface area (Å²) in [5.74, 6) is 0.318. The first-order valence-corrected chi connectivity index (χ1v) is 6.45. The van der Waals surface area contributed by atoms with E-state index in [4.69, 9.17) is 29.7 Å². The van der Waals surface area contributed by atoms with Crippen molar-refractivity contribution in [1.82, 2.24) is 0 Å². The van der Waals surface area contributed by atoms with Crippen LogP contribution in [-0.2, 0) is 9.31 Å². The summed E-state index contributed by atoms with van der Waals surface area (Å²) in [6.07, 6.45) is 0. The van der Waals surface area contributed by atoms with Crippen LogP contribution in [0.1, 0.15) is 27.7 Å². The lowest BCUT2D eigenvalue weighted by atomic mass is 9.75.